The second kappa shape index (κ2) is 7.41. The molecule has 1 unspecified atom stereocenters. The molecule has 1 atom stereocenters. The van der Waals surface area contributed by atoms with E-state index in [2.05, 4.69) is 15.1 Å². The van der Waals surface area contributed by atoms with Crippen LogP contribution in [0.3, 0.4) is 0 Å². The van der Waals surface area contributed by atoms with E-state index in [0.717, 1.165) is 4.52 Å². The van der Waals surface area contributed by atoms with E-state index in [4.69, 9.17) is 4.42 Å². The highest BCUT2D eigenvalue weighted by Gasteiger charge is 2.38. The van der Waals surface area contributed by atoms with Crippen LogP contribution in [-0.4, -0.2) is 30.0 Å². The molecule has 7 nitrogen and oxygen atoms in total. The summed E-state index contributed by atoms with van der Waals surface area (Å²) in [5.74, 6) is -0.114. The summed E-state index contributed by atoms with van der Waals surface area (Å²) in [6.45, 7) is 1.50. The molecule has 0 saturated heterocycles. The van der Waals surface area contributed by atoms with Crippen LogP contribution in [0.1, 0.15) is 11.4 Å². The first-order chi connectivity index (χ1) is 15.7. The average molecular weight is 472 g/mol. The SMILES string of the molecule is Cc1nc2c(-c3ccccc3)c(C(F)(F)F)[nH]n2c(=O)c1-c1nc2c(S(C)=O)cccc2o1. The second-order valence-electron chi connectivity index (χ2n) is 7.34. The molecular formula is C22H15F3N4O3S. The molecule has 168 valence electrons. The Hall–Kier alpha value is -3.73. The number of oxazole rings is 1. The standard InChI is InChI=1S/C22H15F3N4O3S/c1-11-15(20-27-17-13(32-20)9-6-10-14(17)33(2)31)21(30)29-19(26-11)16(12-7-4-3-5-8-12)18(28-29)22(23,24)25/h3-10,28H,1-2H3. The number of hydrogen-bond donors (Lipinski definition) is 1. The molecule has 0 aliphatic heterocycles. The zero-order valence-corrected chi connectivity index (χ0v) is 18.0. The molecule has 33 heavy (non-hydrogen) atoms. The lowest BCUT2D eigenvalue weighted by Gasteiger charge is -2.07. The number of para-hydroxylation sites is 1. The van der Waals surface area contributed by atoms with Gasteiger partial charge in [-0.05, 0) is 24.6 Å². The highest BCUT2D eigenvalue weighted by molar-refractivity contribution is 7.84. The summed E-state index contributed by atoms with van der Waals surface area (Å²) in [4.78, 5) is 22.4. The third-order valence-corrected chi connectivity index (χ3v) is 6.16. The van der Waals surface area contributed by atoms with Gasteiger partial charge < -0.3 is 4.42 Å². The highest BCUT2D eigenvalue weighted by Crippen LogP contribution is 2.38. The van der Waals surface area contributed by atoms with Crippen LogP contribution in [-0.2, 0) is 17.0 Å². The maximum Gasteiger partial charge on any atom is 0.433 e. The lowest BCUT2D eigenvalue weighted by Crippen LogP contribution is -2.20. The maximum absolute atomic E-state index is 13.9. The van der Waals surface area contributed by atoms with Crippen molar-refractivity contribution in [3.63, 3.8) is 0 Å². The summed E-state index contributed by atoms with van der Waals surface area (Å²) in [6.07, 6.45) is -3.27. The number of nitrogens with one attached hydrogen (secondary N) is 1. The molecule has 11 heteroatoms. The van der Waals surface area contributed by atoms with Crippen molar-refractivity contribution in [2.75, 3.05) is 6.26 Å². The minimum Gasteiger partial charge on any atom is -0.436 e. The van der Waals surface area contributed by atoms with Crippen molar-refractivity contribution in [2.45, 2.75) is 18.0 Å². The van der Waals surface area contributed by atoms with Gasteiger partial charge in [0.05, 0.1) is 27.0 Å². The zero-order valence-electron chi connectivity index (χ0n) is 17.2. The van der Waals surface area contributed by atoms with E-state index in [1.54, 1.807) is 36.4 Å². The van der Waals surface area contributed by atoms with Gasteiger partial charge in [-0.1, -0.05) is 36.4 Å². The van der Waals surface area contributed by atoms with Gasteiger partial charge in [0.2, 0.25) is 5.89 Å². The number of aryl methyl sites for hydroxylation is 1. The molecule has 1 N–H and O–H groups in total. The van der Waals surface area contributed by atoms with Crippen LogP contribution in [0, 0.1) is 6.92 Å². The van der Waals surface area contributed by atoms with Gasteiger partial charge in [0.15, 0.2) is 11.2 Å². The third kappa shape index (κ3) is 3.35. The summed E-state index contributed by atoms with van der Waals surface area (Å²) < 4.78 is 60.0. The number of fused-ring (bicyclic) bond motifs is 2. The van der Waals surface area contributed by atoms with Gasteiger partial charge >= 0.3 is 6.18 Å². The molecular weight excluding hydrogens is 457 g/mol. The van der Waals surface area contributed by atoms with Crippen molar-refractivity contribution >= 4 is 27.5 Å². The van der Waals surface area contributed by atoms with Gasteiger partial charge in [-0.25, -0.2) is 9.97 Å². The molecule has 5 rings (SSSR count). The molecule has 0 spiro atoms. The molecule has 0 fully saturated rings. The van der Waals surface area contributed by atoms with E-state index >= 15 is 0 Å². The van der Waals surface area contributed by atoms with E-state index < -0.39 is 28.2 Å². The fraction of sp³-hybridized carbons (Fsp3) is 0.136. The Morgan fingerprint density at radius 1 is 1.03 bits per heavy atom. The average Bonchev–Trinajstić information content (AvgIpc) is 3.35. The van der Waals surface area contributed by atoms with Gasteiger partial charge in [-0.3, -0.25) is 14.1 Å². The van der Waals surface area contributed by atoms with E-state index in [0.29, 0.717) is 16.0 Å². The molecule has 2 aromatic carbocycles. The number of rotatable bonds is 3. The molecule has 0 aliphatic rings. The Kier molecular flexibility index (Phi) is 4.74. The number of nitrogens with zero attached hydrogens (tertiary/aromatic N) is 3. The third-order valence-electron chi connectivity index (χ3n) is 5.21. The van der Waals surface area contributed by atoms with Crippen LogP contribution in [0.15, 0.2) is 62.6 Å². The topological polar surface area (TPSA) is 93.3 Å². The Morgan fingerprint density at radius 3 is 2.42 bits per heavy atom. The first-order valence-electron chi connectivity index (χ1n) is 9.68. The fourth-order valence-electron chi connectivity index (χ4n) is 3.77. The minimum absolute atomic E-state index is 0.0916. The van der Waals surface area contributed by atoms with Crippen LogP contribution in [0.4, 0.5) is 13.2 Å². The zero-order chi connectivity index (χ0) is 23.5. The Bertz CT molecular complexity index is 1620. The number of aromatic amines is 1. The Morgan fingerprint density at radius 2 is 1.76 bits per heavy atom. The first-order valence-corrected chi connectivity index (χ1v) is 11.2. The number of hydrogen-bond acceptors (Lipinski definition) is 5. The maximum atomic E-state index is 13.9. The van der Waals surface area contributed by atoms with Crippen LogP contribution in [0.5, 0.6) is 0 Å². The first kappa shape index (κ1) is 21.1. The van der Waals surface area contributed by atoms with Crippen molar-refractivity contribution in [2.24, 2.45) is 0 Å². The molecule has 0 saturated carbocycles. The van der Waals surface area contributed by atoms with E-state index in [-0.39, 0.29) is 33.9 Å². The molecule has 5 aromatic rings. The number of aromatic nitrogens is 4. The minimum atomic E-state index is -4.75. The number of benzene rings is 2. The fourth-order valence-corrected chi connectivity index (χ4v) is 4.46. The molecule has 0 amide bonds. The van der Waals surface area contributed by atoms with Gasteiger partial charge in [-0.15, -0.1) is 0 Å². The van der Waals surface area contributed by atoms with E-state index in [1.807, 2.05) is 0 Å². The lowest BCUT2D eigenvalue weighted by atomic mass is 10.1. The lowest BCUT2D eigenvalue weighted by molar-refractivity contribution is -0.140. The summed E-state index contributed by atoms with van der Waals surface area (Å²) in [5, 5.41) is 2.17. The van der Waals surface area contributed by atoms with Gasteiger partial charge in [0.25, 0.3) is 5.56 Å². The van der Waals surface area contributed by atoms with Crippen molar-refractivity contribution in [3.05, 3.63) is 70.3 Å². The van der Waals surface area contributed by atoms with Crippen molar-refractivity contribution in [1.29, 1.82) is 0 Å². The number of halogens is 3. The summed E-state index contributed by atoms with van der Waals surface area (Å²) >= 11 is 0. The van der Waals surface area contributed by atoms with Crippen LogP contribution in [0.2, 0.25) is 0 Å². The van der Waals surface area contributed by atoms with Crippen LogP contribution in [0.25, 0.3) is 39.3 Å². The quantitative estimate of drug-likeness (QED) is 0.416. The predicted octanol–water partition coefficient (Wildman–Crippen LogP) is 4.56. The summed E-state index contributed by atoms with van der Waals surface area (Å²) in [6, 6.07) is 12.8. The van der Waals surface area contributed by atoms with Crippen LogP contribution < -0.4 is 5.56 Å². The van der Waals surface area contributed by atoms with Gasteiger partial charge in [-0.2, -0.15) is 17.7 Å². The second-order valence-corrected chi connectivity index (χ2v) is 8.69. The normalized spacial score (nSPS) is 13.1. The molecule has 0 bridgehead atoms. The predicted molar refractivity (Wildman–Crippen MR) is 116 cm³/mol. The summed E-state index contributed by atoms with van der Waals surface area (Å²) in [5.41, 5.74) is -1.34. The molecule has 3 aromatic heterocycles. The van der Waals surface area contributed by atoms with Crippen molar-refractivity contribution in [3.8, 4) is 22.6 Å². The largest absolute Gasteiger partial charge is 0.436 e. The number of H-pyrrole nitrogens is 1. The van der Waals surface area contributed by atoms with Crippen molar-refractivity contribution < 1.29 is 21.8 Å². The van der Waals surface area contributed by atoms with E-state index in [9.17, 15) is 22.2 Å². The molecule has 3 heterocycles. The van der Waals surface area contributed by atoms with Gasteiger partial charge in [0.1, 0.15) is 16.8 Å². The summed E-state index contributed by atoms with van der Waals surface area (Å²) in [7, 11) is -1.36. The molecule has 0 aliphatic carbocycles. The van der Waals surface area contributed by atoms with Crippen LogP contribution >= 0.6 is 0 Å². The van der Waals surface area contributed by atoms with Gasteiger partial charge in [0, 0.05) is 6.26 Å². The monoisotopic (exact) mass is 472 g/mol. The highest BCUT2D eigenvalue weighted by atomic mass is 32.2. The number of alkyl halides is 3. The Labute approximate surface area is 186 Å². The van der Waals surface area contributed by atoms with Crippen molar-refractivity contribution in [1.82, 2.24) is 19.6 Å². The molecule has 0 radical (unpaired) electrons. The smallest absolute Gasteiger partial charge is 0.433 e. The Balaban J connectivity index is 1.82. The van der Waals surface area contributed by atoms with E-state index in [1.165, 1.54) is 25.3 Å².